The Hall–Kier alpha value is -6.87. The smallest absolute Gasteiger partial charge is 0.312 e. The van der Waals surface area contributed by atoms with Crippen LogP contribution in [0.3, 0.4) is 0 Å². The molecule has 2 aliphatic carbocycles. The molecule has 0 bridgehead atoms. The van der Waals surface area contributed by atoms with Crippen molar-refractivity contribution < 1.29 is 41.8 Å². The molecule has 1 atom stereocenters. The van der Waals surface area contributed by atoms with Gasteiger partial charge in [0.15, 0.2) is 5.75 Å². The number of halogens is 1. The molecule has 2 saturated heterocycles. The zero-order valence-corrected chi connectivity index (χ0v) is 43.7. The standard InChI is InChI=1S/C55H64FN9O9S/c1-34(2)41-8-6-7-9-42(41)47-31-62(30-36-10-13-39(72-4)14-11-36)20-21-64(47)38-25-55(26-38)32-63(33-55)37-12-15-43(48(22-37)74-49-24-44-45(56)29-59-50(44)60-53(49)73-5)52(66)61-75(70,71)40-23-46(65(68)69)51(58-28-40)57-27-35-16-18-54(3,67)19-17-35/h6-15,22-24,28-29,34-35,38,47,67H,16-21,25-27,30-33H2,1-5H3,(H,57,58)(H,59,60)(H,61,66)/t35?,47-,54?/m0/s1. The molecule has 20 heteroatoms. The number of pyridine rings is 2. The lowest BCUT2D eigenvalue weighted by Crippen LogP contribution is -2.68. The van der Waals surface area contributed by atoms with E-state index in [0.717, 1.165) is 82.0 Å². The van der Waals surface area contributed by atoms with E-state index in [1.165, 1.54) is 35.9 Å². The van der Waals surface area contributed by atoms with E-state index in [1.54, 1.807) is 26.2 Å². The topological polar surface area (TPSA) is 218 Å². The Kier molecular flexibility index (Phi) is 14.2. The van der Waals surface area contributed by atoms with E-state index in [1.807, 2.05) is 12.1 Å². The fourth-order valence-corrected chi connectivity index (χ4v) is 12.5. The van der Waals surface area contributed by atoms with Gasteiger partial charge in [-0.15, -0.1) is 0 Å². The molecule has 3 aromatic carbocycles. The van der Waals surface area contributed by atoms with Gasteiger partial charge in [-0.3, -0.25) is 24.7 Å². The van der Waals surface area contributed by atoms with Crippen molar-refractivity contribution in [3.63, 3.8) is 0 Å². The highest BCUT2D eigenvalue weighted by Crippen LogP contribution is 2.54. The van der Waals surface area contributed by atoms with Crippen molar-refractivity contribution >= 4 is 44.2 Å². The van der Waals surface area contributed by atoms with Crippen LogP contribution in [0.15, 0.2) is 96.2 Å². The summed E-state index contributed by atoms with van der Waals surface area (Å²) in [4.78, 5) is 43.7. The maximum atomic E-state index is 14.9. The van der Waals surface area contributed by atoms with Crippen molar-refractivity contribution in [2.75, 3.05) is 63.7 Å². The van der Waals surface area contributed by atoms with Gasteiger partial charge in [0.25, 0.3) is 21.8 Å². The average Bonchev–Trinajstić information content (AvgIpc) is 3.74. The van der Waals surface area contributed by atoms with Crippen LogP contribution in [0.2, 0.25) is 0 Å². The second-order valence-electron chi connectivity index (χ2n) is 21.4. The maximum absolute atomic E-state index is 14.9. The molecule has 10 rings (SSSR count). The van der Waals surface area contributed by atoms with Gasteiger partial charge in [0.2, 0.25) is 5.82 Å². The largest absolute Gasteiger partial charge is 0.497 e. The molecule has 6 aromatic rings. The minimum absolute atomic E-state index is 0.0181. The number of benzene rings is 3. The van der Waals surface area contributed by atoms with Gasteiger partial charge in [-0.1, -0.05) is 50.2 Å². The predicted molar refractivity (Wildman–Crippen MR) is 282 cm³/mol. The fraction of sp³-hybridized carbons (Fsp3) is 0.436. The van der Waals surface area contributed by atoms with Crippen molar-refractivity contribution in [2.24, 2.45) is 11.3 Å². The number of nitro groups is 1. The normalized spacial score (nSPS) is 21.1. The molecule has 4 N–H and O–H groups in total. The van der Waals surface area contributed by atoms with Crippen LogP contribution >= 0.6 is 0 Å². The third-order valence-corrected chi connectivity index (χ3v) is 17.1. The van der Waals surface area contributed by atoms with Crippen molar-refractivity contribution in [2.45, 2.75) is 94.3 Å². The highest BCUT2D eigenvalue weighted by Gasteiger charge is 2.55. The van der Waals surface area contributed by atoms with Crippen LogP contribution in [-0.2, 0) is 16.6 Å². The number of carbonyl (C=O) groups excluding carboxylic acids is 1. The number of methoxy groups -OCH3 is 2. The molecular formula is C55H64FN9O9S. The molecular weight excluding hydrogens is 982 g/mol. The number of rotatable bonds is 17. The monoisotopic (exact) mass is 1050 g/mol. The first kappa shape index (κ1) is 51.6. The molecule has 75 heavy (non-hydrogen) atoms. The Morgan fingerprint density at radius 3 is 2.45 bits per heavy atom. The first-order chi connectivity index (χ1) is 35.9. The zero-order valence-electron chi connectivity index (χ0n) is 42.8. The predicted octanol–water partition coefficient (Wildman–Crippen LogP) is 8.94. The fourth-order valence-electron chi connectivity index (χ4n) is 11.6. The molecule has 0 radical (unpaired) electrons. The summed E-state index contributed by atoms with van der Waals surface area (Å²) in [5, 5.41) is 25.6. The summed E-state index contributed by atoms with van der Waals surface area (Å²) in [5.74, 6) is -0.558. The Bertz CT molecular complexity index is 3200. The molecule has 1 amide bonds. The molecule has 2 saturated carbocycles. The van der Waals surface area contributed by atoms with E-state index in [9.17, 15) is 32.8 Å². The summed E-state index contributed by atoms with van der Waals surface area (Å²) < 4.78 is 61.9. The van der Waals surface area contributed by atoms with Crippen LogP contribution in [0.5, 0.6) is 23.1 Å². The molecule has 3 aromatic heterocycles. The number of piperazine rings is 1. The number of hydrogen-bond acceptors (Lipinski definition) is 15. The van der Waals surface area contributed by atoms with Gasteiger partial charge in [0.05, 0.1) is 41.9 Å². The van der Waals surface area contributed by atoms with E-state index in [-0.39, 0.29) is 57.2 Å². The maximum Gasteiger partial charge on any atom is 0.312 e. The van der Waals surface area contributed by atoms with Gasteiger partial charge in [0, 0.05) is 93.4 Å². The number of aromatic amines is 1. The van der Waals surface area contributed by atoms with E-state index >= 15 is 0 Å². The van der Waals surface area contributed by atoms with Gasteiger partial charge in [-0.2, -0.15) is 4.98 Å². The van der Waals surface area contributed by atoms with Crippen LogP contribution in [0.1, 0.15) is 98.3 Å². The molecule has 4 aliphatic rings. The van der Waals surface area contributed by atoms with E-state index in [0.29, 0.717) is 44.2 Å². The lowest BCUT2D eigenvalue weighted by molar-refractivity contribution is -0.384. The lowest BCUT2D eigenvalue weighted by Gasteiger charge is -2.63. The molecule has 396 valence electrons. The van der Waals surface area contributed by atoms with Crippen molar-refractivity contribution in [3.8, 4) is 23.1 Å². The number of carbonyl (C=O) groups is 1. The quantitative estimate of drug-likeness (QED) is 0.0495. The van der Waals surface area contributed by atoms with Crippen molar-refractivity contribution in [3.05, 3.63) is 129 Å². The minimum Gasteiger partial charge on any atom is -0.497 e. The van der Waals surface area contributed by atoms with Crippen LogP contribution < -0.4 is 29.1 Å². The summed E-state index contributed by atoms with van der Waals surface area (Å²) in [6, 6.07) is 24.8. The first-order valence-electron chi connectivity index (χ1n) is 25.6. The number of amides is 1. The number of aromatic nitrogens is 3. The molecule has 18 nitrogen and oxygen atoms in total. The van der Waals surface area contributed by atoms with Crippen LogP contribution in [-0.4, -0.2) is 114 Å². The summed E-state index contributed by atoms with van der Waals surface area (Å²) in [6.45, 7) is 11.8. The average molecular weight is 1050 g/mol. The van der Waals surface area contributed by atoms with Crippen LogP contribution in [0.4, 0.5) is 21.6 Å². The number of ether oxygens (including phenoxy) is 3. The van der Waals surface area contributed by atoms with E-state index in [2.05, 4.69) is 89.9 Å². The number of nitrogens with one attached hydrogen (secondary N) is 3. The summed E-state index contributed by atoms with van der Waals surface area (Å²) in [6.07, 6.45) is 6.74. The van der Waals surface area contributed by atoms with Gasteiger partial charge >= 0.3 is 5.69 Å². The Balaban J connectivity index is 0.866. The van der Waals surface area contributed by atoms with Crippen molar-refractivity contribution in [1.29, 1.82) is 0 Å². The summed E-state index contributed by atoms with van der Waals surface area (Å²) in [7, 11) is -1.69. The summed E-state index contributed by atoms with van der Waals surface area (Å²) >= 11 is 0. The van der Waals surface area contributed by atoms with Gasteiger partial charge < -0.3 is 34.5 Å². The number of fused-ring (bicyclic) bond motifs is 1. The third kappa shape index (κ3) is 10.8. The van der Waals surface area contributed by atoms with Crippen LogP contribution in [0, 0.1) is 27.3 Å². The zero-order chi connectivity index (χ0) is 52.8. The Labute approximate surface area is 435 Å². The second-order valence-corrected chi connectivity index (χ2v) is 23.1. The summed E-state index contributed by atoms with van der Waals surface area (Å²) in [5.41, 5.74) is 3.47. The SMILES string of the molecule is COc1ccc(CN2CCN(C3CC4(C3)CN(c3ccc(C(=O)NS(=O)(=O)c5cnc(NCC6CCC(C)(O)CC6)c([N+](=O)[O-])c5)c(Oc5cc6c(F)c[nH]c6nc5OC)c3)C4)[C@H](c3ccccc3C(C)C)C2)cc1. The highest BCUT2D eigenvalue weighted by atomic mass is 32.2. The number of hydrogen-bond donors (Lipinski definition) is 4. The number of aliphatic hydroxyl groups is 1. The Morgan fingerprint density at radius 2 is 1.75 bits per heavy atom. The molecule has 2 aliphatic heterocycles. The van der Waals surface area contributed by atoms with Gasteiger partial charge in [-0.25, -0.2) is 22.5 Å². The molecule has 4 fully saturated rings. The van der Waals surface area contributed by atoms with Gasteiger partial charge in [0.1, 0.15) is 27.9 Å². The Morgan fingerprint density at radius 1 is 1.00 bits per heavy atom. The van der Waals surface area contributed by atoms with Crippen molar-refractivity contribution in [1.82, 2.24) is 29.5 Å². The van der Waals surface area contributed by atoms with E-state index in [4.69, 9.17) is 14.2 Å². The number of sulfonamides is 1. The van der Waals surface area contributed by atoms with Crippen LogP contribution in [0.25, 0.3) is 11.0 Å². The molecule has 0 unspecified atom stereocenters. The van der Waals surface area contributed by atoms with E-state index < -0.39 is 42.9 Å². The lowest BCUT2D eigenvalue weighted by atomic mass is 9.59. The minimum atomic E-state index is -4.74. The molecule has 1 spiro atoms. The third-order valence-electron chi connectivity index (χ3n) is 15.8. The number of anilines is 2. The second kappa shape index (κ2) is 20.7. The van der Waals surface area contributed by atoms with Gasteiger partial charge in [-0.05, 0) is 98.2 Å². The number of nitrogens with zero attached hydrogens (tertiary/aromatic N) is 6. The first-order valence-corrected chi connectivity index (χ1v) is 27.0. The number of H-pyrrole nitrogens is 1. The highest BCUT2D eigenvalue weighted by molar-refractivity contribution is 7.90. The molecule has 5 heterocycles.